The number of rotatable bonds is 2. The molecule has 4 rings (SSSR count). The zero-order chi connectivity index (χ0) is 13.9. The maximum Gasteiger partial charge on any atom is 0.230 e. The first-order valence-electron chi connectivity index (χ1n) is 7.49. The molecule has 2 saturated carbocycles. The van der Waals surface area contributed by atoms with E-state index >= 15 is 0 Å². The average molecular weight is 268 g/mol. The van der Waals surface area contributed by atoms with Crippen molar-refractivity contribution in [2.24, 2.45) is 11.8 Å². The molecule has 1 aromatic heterocycles. The number of hydrogen-bond donors (Lipinski definition) is 1. The van der Waals surface area contributed by atoms with Gasteiger partial charge in [-0.3, -0.25) is 0 Å². The SMILES string of the molecule is Cc1ccc(-c2c(C3C4CCCC43)noc2N)cc1C. The van der Waals surface area contributed by atoms with E-state index in [4.69, 9.17) is 10.3 Å². The Morgan fingerprint density at radius 3 is 2.60 bits per heavy atom. The Morgan fingerprint density at radius 2 is 1.90 bits per heavy atom. The minimum absolute atomic E-state index is 0.466. The molecule has 0 aliphatic heterocycles. The summed E-state index contributed by atoms with van der Waals surface area (Å²) in [6.45, 7) is 4.26. The zero-order valence-corrected chi connectivity index (χ0v) is 12.0. The molecule has 2 aromatic rings. The number of fused-ring (bicyclic) bond motifs is 1. The Morgan fingerprint density at radius 1 is 1.15 bits per heavy atom. The quantitative estimate of drug-likeness (QED) is 0.893. The van der Waals surface area contributed by atoms with Crippen LogP contribution in [0.15, 0.2) is 22.7 Å². The summed E-state index contributed by atoms with van der Waals surface area (Å²) in [6.07, 6.45) is 4.06. The number of nitrogens with zero attached hydrogens (tertiary/aromatic N) is 1. The van der Waals surface area contributed by atoms with Crippen LogP contribution in [0.3, 0.4) is 0 Å². The van der Waals surface area contributed by atoms with E-state index in [1.807, 2.05) is 0 Å². The fraction of sp³-hybridized carbons (Fsp3) is 0.471. The fourth-order valence-corrected chi connectivity index (χ4v) is 3.96. The summed E-state index contributed by atoms with van der Waals surface area (Å²) in [7, 11) is 0. The van der Waals surface area contributed by atoms with E-state index in [9.17, 15) is 0 Å². The molecule has 2 aliphatic carbocycles. The minimum Gasteiger partial charge on any atom is -0.367 e. The first kappa shape index (κ1) is 12.0. The highest BCUT2D eigenvalue weighted by molar-refractivity contribution is 5.76. The topological polar surface area (TPSA) is 52.0 Å². The zero-order valence-electron chi connectivity index (χ0n) is 12.0. The van der Waals surface area contributed by atoms with Crippen LogP contribution >= 0.6 is 0 Å². The van der Waals surface area contributed by atoms with Crippen LogP contribution in [0.1, 0.15) is 42.0 Å². The molecule has 0 spiro atoms. The number of aryl methyl sites for hydroxylation is 2. The Hall–Kier alpha value is -1.77. The van der Waals surface area contributed by atoms with Gasteiger partial charge in [0.05, 0.1) is 11.3 Å². The summed E-state index contributed by atoms with van der Waals surface area (Å²) < 4.78 is 5.31. The molecule has 1 heterocycles. The Labute approximate surface area is 119 Å². The number of benzene rings is 1. The molecular weight excluding hydrogens is 248 g/mol. The summed E-state index contributed by atoms with van der Waals surface area (Å²) >= 11 is 0. The average Bonchev–Trinajstić information content (AvgIpc) is 2.78. The monoisotopic (exact) mass is 268 g/mol. The fourth-order valence-electron chi connectivity index (χ4n) is 3.96. The highest BCUT2D eigenvalue weighted by atomic mass is 16.5. The van der Waals surface area contributed by atoms with Crippen LogP contribution < -0.4 is 5.73 Å². The summed E-state index contributed by atoms with van der Waals surface area (Å²) in [6, 6.07) is 6.47. The number of hydrogen-bond acceptors (Lipinski definition) is 3. The lowest BCUT2D eigenvalue weighted by Gasteiger charge is -2.07. The van der Waals surface area contributed by atoms with Crippen molar-refractivity contribution in [1.29, 1.82) is 0 Å². The van der Waals surface area contributed by atoms with E-state index in [2.05, 4.69) is 37.2 Å². The molecule has 3 heteroatoms. The van der Waals surface area contributed by atoms with Crippen LogP contribution in [-0.4, -0.2) is 5.16 Å². The van der Waals surface area contributed by atoms with Gasteiger partial charge in [0.1, 0.15) is 0 Å². The van der Waals surface area contributed by atoms with Gasteiger partial charge in [0, 0.05) is 5.92 Å². The molecular formula is C17H20N2O. The highest BCUT2D eigenvalue weighted by Gasteiger charge is 2.55. The molecule has 2 fully saturated rings. The summed E-state index contributed by atoms with van der Waals surface area (Å²) in [5.74, 6) is 2.70. The van der Waals surface area contributed by atoms with Crippen molar-refractivity contribution < 1.29 is 4.52 Å². The molecule has 20 heavy (non-hydrogen) atoms. The van der Waals surface area contributed by atoms with Crippen molar-refractivity contribution in [3.8, 4) is 11.1 Å². The third kappa shape index (κ3) is 1.62. The molecule has 3 nitrogen and oxygen atoms in total. The molecule has 0 saturated heterocycles. The molecule has 0 radical (unpaired) electrons. The third-order valence-corrected chi connectivity index (χ3v) is 5.26. The number of nitrogens with two attached hydrogens (primary N) is 1. The van der Waals surface area contributed by atoms with Crippen LogP contribution in [0.2, 0.25) is 0 Å². The summed E-state index contributed by atoms with van der Waals surface area (Å²) in [5.41, 5.74) is 11.9. The smallest absolute Gasteiger partial charge is 0.230 e. The predicted octanol–water partition coefficient (Wildman–Crippen LogP) is 4.05. The van der Waals surface area contributed by atoms with Crippen molar-refractivity contribution >= 4 is 5.88 Å². The largest absolute Gasteiger partial charge is 0.367 e. The lowest BCUT2D eigenvalue weighted by atomic mass is 9.97. The van der Waals surface area contributed by atoms with Crippen molar-refractivity contribution in [2.75, 3.05) is 5.73 Å². The van der Waals surface area contributed by atoms with Gasteiger partial charge in [-0.1, -0.05) is 29.8 Å². The molecule has 0 bridgehead atoms. The van der Waals surface area contributed by atoms with Crippen LogP contribution in [0.4, 0.5) is 5.88 Å². The normalized spacial score (nSPS) is 27.6. The molecule has 104 valence electrons. The van der Waals surface area contributed by atoms with Gasteiger partial charge in [0.15, 0.2) is 0 Å². The molecule has 2 N–H and O–H groups in total. The van der Waals surface area contributed by atoms with Gasteiger partial charge in [0.25, 0.3) is 0 Å². The van der Waals surface area contributed by atoms with Gasteiger partial charge in [-0.15, -0.1) is 0 Å². The van der Waals surface area contributed by atoms with Gasteiger partial charge in [-0.2, -0.15) is 0 Å². The van der Waals surface area contributed by atoms with Crippen LogP contribution in [-0.2, 0) is 0 Å². The maximum atomic E-state index is 6.05. The van der Waals surface area contributed by atoms with Crippen LogP contribution in [0.5, 0.6) is 0 Å². The Kier molecular flexibility index (Phi) is 2.47. The predicted molar refractivity (Wildman–Crippen MR) is 79.4 cm³/mol. The molecule has 2 unspecified atom stereocenters. The van der Waals surface area contributed by atoms with E-state index < -0.39 is 0 Å². The van der Waals surface area contributed by atoms with Crippen LogP contribution in [0.25, 0.3) is 11.1 Å². The lowest BCUT2D eigenvalue weighted by molar-refractivity contribution is 0.424. The van der Waals surface area contributed by atoms with Crippen molar-refractivity contribution in [3.63, 3.8) is 0 Å². The second-order valence-electron chi connectivity index (χ2n) is 6.39. The summed E-state index contributed by atoms with van der Waals surface area (Å²) in [5, 5.41) is 4.29. The van der Waals surface area contributed by atoms with Crippen molar-refractivity contribution in [3.05, 3.63) is 35.0 Å². The van der Waals surface area contributed by atoms with E-state index in [0.717, 1.165) is 28.7 Å². The van der Waals surface area contributed by atoms with E-state index in [-0.39, 0.29) is 0 Å². The van der Waals surface area contributed by atoms with E-state index in [1.54, 1.807) is 0 Å². The number of nitrogen functional groups attached to an aromatic ring is 1. The standard InChI is InChI=1S/C17H20N2O/c1-9-6-7-11(8-10(9)2)14-16(19-20-17(14)18)15-12-4-3-5-13(12)15/h6-8,12-13,15H,3-5,18H2,1-2H3. The molecule has 2 aliphatic rings. The van der Waals surface area contributed by atoms with Gasteiger partial charge in [0.2, 0.25) is 5.88 Å². The van der Waals surface area contributed by atoms with Gasteiger partial charge in [-0.25, -0.2) is 0 Å². The van der Waals surface area contributed by atoms with Crippen LogP contribution in [0, 0.1) is 25.7 Å². The maximum absolute atomic E-state index is 6.05. The third-order valence-electron chi connectivity index (χ3n) is 5.26. The number of anilines is 1. The molecule has 2 atom stereocenters. The first-order chi connectivity index (χ1) is 9.66. The first-order valence-corrected chi connectivity index (χ1v) is 7.49. The Bertz CT molecular complexity index is 664. The van der Waals surface area contributed by atoms with Crippen molar-refractivity contribution in [2.45, 2.75) is 39.0 Å². The minimum atomic E-state index is 0.466. The van der Waals surface area contributed by atoms with E-state index in [1.165, 1.54) is 30.4 Å². The van der Waals surface area contributed by atoms with Crippen molar-refractivity contribution in [1.82, 2.24) is 5.16 Å². The number of aromatic nitrogens is 1. The summed E-state index contributed by atoms with van der Waals surface area (Å²) in [4.78, 5) is 0. The molecule has 1 aromatic carbocycles. The van der Waals surface area contributed by atoms with E-state index in [0.29, 0.717) is 11.8 Å². The van der Waals surface area contributed by atoms with Gasteiger partial charge < -0.3 is 10.3 Å². The Balaban J connectivity index is 1.78. The molecule has 0 amide bonds. The van der Waals surface area contributed by atoms with Gasteiger partial charge >= 0.3 is 0 Å². The lowest BCUT2D eigenvalue weighted by Crippen LogP contribution is -1.94. The van der Waals surface area contributed by atoms with Gasteiger partial charge in [-0.05, 0) is 55.2 Å². The highest BCUT2D eigenvalue weighted by Crippen LogP contribution is 2.64. The second kappa shape index (κ2) is 4.11. The second-order valence-corrected chi connectivity index (χ2v) is 6.39.